The van der Waals surface area contributed by atoms with Crippen molar-refractivity contribution in [1.82, 2.24) is 15.1 Å². The zero-order valence-electron chi connectivity index (χ0n) is 20.4. The summed E-state index contributed by atoms with van der Waals surface area (Å²) in [5, 5.41) is 19.5. The van der Waals surface area contributed by atoms with E-state index in [0.29, 0.717) is 6.07 Å². The predicted molar refractivity (Wildman–Crippen MR) is 137 cm³/mol. The fraction of sp³-hybridized carbons (Fsp3) is 0.292. The maximum Gasteiger partial charge on any atom is 0.416 e. The van der Waals surface area contributed by atoms with E-state index in [0.717, 1.165) is 16.8 Å². The van der Waals surface area contributed by atoms with Gasteiger partial charge in [0, 0.05) is 21.9 Å². The van der Waals surface area contributed by atoms with Gasteiger partial charge in [-0.2, -0.15) is 18.3 Å². The van der Waals surface area contributed by atoms with Crippen LogP contribution in [0.5, 0.6) is 0 Å². The molecule has 11 nitrogen and oxygen atoms in total. The van der Waals surface area contributed by atoms with Crippen LogP contribution in [0, 0.1) is 0 Å². The van der Waals surface area contributed by atoms with E-state index in [2.05, 4.69) is 20.7 Å². The largest absolute Gasteiger partial charge is 0.481 e. The maximum atomic E-state index is 13.5. The van der Waals surface area contributed by atoms with Crippen LogP contribution in [-0.2, 0) is 15.8 Å². The molecule has 3 atom stereocenters. The summed E-state index contributed by atoms with van der Waals surface area (Å²) in [4.78, 5) is 40.8. The number of carboxylic acid groups (broad SMARTS) is 1. The number of carbonyl (C=O) groups excluding carboxylic acids is 2. The van der Waals surface area contributed by atoms with Gasteiger partial charge in [-0.3, -0.25) is 19.1 Å². The van der Waals surface area contributed by atoms with Crippen molar-refractivity contribution < 1.29 is 37.1 Å². The van der Waals surface area contributed by atoms with Crippen molar-refractivity contribution in [3.63, 3.8) is 0 Å². The molecule has 1 aliphatic heterocycles. The lowest BCUT2D eigenvalue weighted by molar-refractivity contribution is -0.138. The molecule has 16 heteroatoms. The Bertz CT molecular complexity index is 1520. The minimum atomic E-state index is -4.79. The van der Waals surface area contributed by atoms with Crippen LogP contribution in [0.15, 0.2) is 41.5 Å². The SMILES string of the molecule is NC(=O)c1cc(NC2=NCC(F)CN2)c2cnn(C(C(N)=O)[C@@H](CC(=O)O)c3cc(C(F)(F)F)ccc3Cl)c2c1. The first-order chi connectivity index (χ1) is 18.8. The van der Waals surface area contributed by atoms with E-state index in [-0.39, 0.29) is 51.8 Å². The first-order valence-corrected chi connectivity index (χ1v) is 12.0. The van der Waals surface area contributed by atoms with E-state index in [1.165, 1.54) is 18.3 Å². The average molecular weight is 584 g/mol. The van der Waals surface area contributed by atoms with E-state index in [9.17, 15) is 37.1 Å². The molecule has 0 spiro atoms. The monoisotopic (exact) mass is 583 g/mol. The molecule has 0 fully saturated rings. The number of nitrogens with zero attached hydrogens (tertiary/aromatic N) is 3. The van der Waals surface area contributed by atoms with Gasteiger partial charge in [-0.05, 0) is 35.9 Å². The molecule has 0 aliphatic carbocycles. The van der Waals surface area contributed by atoms with Gasteiger partial charge in [0.05, 0.1) is 42.5 Å². The van der Waals surface area contributed by atoms with Crippen LogP contribution in [0.2, 0.25) is 5.02 Å². The lowest BCUT2D eigenvalue weighted by Gasteiger charge is -2.26. The number of aliphatic carboxylic acids is 1. The number of hydrogen-bond donors (Lipinski definition) is 5. The standard InChI is InChI=1S/C24H22ClF4N7O4/c25-16-2-1-11(24(27,28)29)5-13(16)14(6-19(37)38)20(22(31)40)36-18-4-10(21(30)39)3-17(15(18)9-34-36)35-23-32-7-12(26)8-33-23/h1-5,9,12,14,20H,6-8H2,(H2,30,39)(H2,31,40)(H,37,38)(H2,32,33,35)/t14-,20?/m0/s1. The van der Waals surface area contributed by atoms with Crippen molar-refractivity contribution in [3.05, 3.63) is 58.2 Å². The number of primary amides is 2. The normalized spacial score (nSPS) is 17.0. The second kappa shape index (κ2) is 11.0. The summed E-state index contributed by atoms with van der Waals surface area (Å²) in [6.45, 7) is -0.145. The summed E-state index contributed by atoms with van der Waals surface area (Å²) in [5.74, 6) is -4.79. The molecular formula is C24H22ClF4N7O4. The van der Waals surface area contributed by atoms with Crippen LogP contribution >= 0.6 is 11.6 Å². The Balaban J connectivity index is 1.90. The van der Waals surface area contributed by atoms with Gasteiger partial charge >= 0.3 is 12.1 Å². The van der Waals surface area contributed by atoms with Gasteiger partial charge in [0.25, 0.3) is 0 Å². The van der Waals surface area contributed by atoms with Gasteiger partial charge in [0.15, 0.2) is 5.96 Å². The molecule has 40 heavy (non-hydrogen) atoms. The molecule has 212 valence electrons. The highest BCUT2D eigenvalue weighted by atomic mass is 35.5. The summed E-state index contributed by atoms with van der Waals surface area (Å²) in [6.07, 6.45) is -5.56. The Morgan fingerprint density at radius 3 is 2.52 bits per heavy atom. The average Bonchev–Trinajstić information content (AvgIpc) is 3.28. The van der Waals surface area contributed by atoms with E-state index in [1.54, 1.807) is 0 Å². The first kappa shape index (κ1) is 28.6. The highest BCUT2D eigenvalue weighted by molar-refractivity contribution is 6.31. The van der Waals surface area contributed by atoms with Gasteiger partial charge in [-0.15, -0.1) is 0 Å². The highest BCUT2D eigenvalue weighted by Gasteiger charge is 2.37. The van der Waals surface area contributed by atoms with Gasteiger partial charge in [0.1, 0.15) is 12.2 Å². The lowest BCUT2D eigenvalue weighted by atomic mass is 9.86. The summed E-state index contributed by atoms with van der Waals surface area (Å²) in [5.41, 5.74) is 9.98. The number of guanidine groups is 1. The van der Waals surface area contributed by atoms with Gasteiger partial charge in [-0.1, -0.05) is 11.6 Å². The molecule has 2 heterocycles. The van der Waals surface area contributed by atoms with Crippen molar-refractivity contribution in [2.45, 2.75) is 30.7 Å². The number of rotatable bonds is 8. The van der Waals surface area contributed by atoms with Crippen LogP contribution in [0.1, 0.15) is 39.9 Å². The molecule has 2 amide bonds. The fourth-order valence-electron chi connectivity index (χ4n) is 4.42. The Kier molecular flexibility index (Phi) is 7.86. The number of alkyl halides is 4. The summed E-state index contributed by atoms with van der Waals surface area (Å²) in [7, 11) is 0. The molecule has 1 aromatic heterocycles. The van der Waals surface area contributed by atoms with E-state index in [4.69, 9.17) is 23.1 Å². The van der Waals surface area contributed by atoms with Crippen LogP contribution in [0.3, 0.4) is 0 Å². The summed E-state index contributed by atoms with van der Waals surface area (Å²) < 4.78 is 55.0. The molecular weight excluding hydrogens is 562 g/mol. The molecule has 7 N–H and O–H groups in total. The predicted octanol–water partition coefficient (Wildman–Crippen LogP) is 2.80. The van der Waals surface area contributed by atoms with Gasteiger partial charge < -0.3 is 27.2 Å². The zero-order valence-corrected chi connectivity index (χ0v) is 21.1. The summed E-state index contributed by atoms with van der Waals surface area (Å²) >= 11 is 6.20. The number of nitrogens with one attached hydrogen (secondary N) is 2. The van der Waals surface area contributed by atoms with Crippen molar-refractivity contribution in [3.8, 4) is 0 Å². The van der Waals surface area contributed by atoms with E-state index < -0.39 is 54.1 Å². The van der Waals surface area contributed by atoms with Crippen LogP contribution in [0.25, 0.3) is 10.9 Å². The maximum absolute atomic E-state index is 13.5. The van der Waals surface area contributed by atoms with Crippen molar-refractivity contribution in [1.29, 1.82) is 0 Å². The van der Waals surface area contributed by atoms with Crippen molar-refractivity contribution in [2.24, 2.45) is 16.5 Å². The zero-order chi connectivity index (χ0) is 29.4. The minimum absolute atomic E-state index is 0.0257. The molecule has 0 radical (unpaired) electrons. The second-order valence-corrected chi connectivity index (χ2v) is 9.40. The number of hydrogen-bond acceptors (Lipinski definition) is 7. The number of aliphatic imine (C=N–C) groups is 1. The minimum Gasteiger partial charge on any atom is -0.481 e. The first-order valence-electron chi connectivity index (χ1n) is 11.6. The van der Waals surface area contributed by atoms with Crippen molar-refractivity contribution in [2.75, 3.05) is 18.4 Å². The van der Waals surface area contributed by atoms with Crippen LogP contribution in [0.4, 0.5) is 23.2 Å². The lowest BCUT2D eigenvalue weighted by Crippen LogP contribution is -2.41. The number of benzene rings is 2. The molecule has 3 aromatic rings. The van der Waals surface area contributed by atoms with E-state index in [1.807, 2.05) is 0 Å². The smallest absolute Gasteiger partial charge is 0.416 e. The topological polar surface area (TPSA) is 178 Å². The third-order valence-electron chi connectivity index (χ3n) is 6.25. The number of amides is 2. The Hall–Kier alpha value is -4.40. The third-order valence-corrected chi connectivity index (χ3v) is 6.59. The number of anilines is 1. The fourth-order valence-corrected chi connectivity index (χ4v) is 4.67. The quantitative estimate of drug-likeness (QED) is 0.253. The molecule has 2 aromatic carbocycles. The highest BCUT2D eigenvalue weighted by Crippen LogP contribution is 2.41. The molecule has 4 rings (SSSR count). The summed E-state index contributed by atoms with van der Waals surface area (Å²) in [6, 6.07) is 3.29. The van der Waals surface area contributed by atoms with Crippen LogP contribution in [-0.4, -0.2) is 57.9 Å². The number of carboxylic acids is 1. The molecule has 0 bridgehead atoms. The Labute approximate surface area is 228 Å². The molecule has 1 aliphatic rings. The van der Waals surface area contributed by atoms with Gasteiger partial charge in [0.2, 0.25) is 11.8 Å². The van der Waals surface area contributed by atoms with Gasteiger partial charge in [-0.25, -0.2) is 9.38 Å². The second-order valence-electron chi connectivity index (χ2n) is 8.99. The Morgan fingerprint density at radius 1 is 1.23 bits per heavy atom. The number of aromatic nitrogens is 2. The van der Waals surface area contributed by atoms with Crippen LogP contribution < -0.4 is 22.1 Å². The molecule has 0 saturated carbocycles. The number of nitrogens with two attached hydrogens (primary N) is 2. The third kappa shape index (κ3) is 5.93. The number of halogens is 5. The van der Waals surface area contributed by atoms with E-state index >= 15 is 0 Å². The number of fused-ring (bicyclic) bond motifs is 1. The Morgan fingerprint density at radius 2 is 1.95 bits per heavy atom. The molecule has 2 unspecified atom stereocenters. The number of carbonyl (C=O) groups is 3. The molecule has 0 saturated heterocycles. The van der Waals surface area contributed by atoms with Crippen molar-refractivity contribution >= 4 is 51.9 Å².